The van der Waals surface area contributed by atoms with Crippen molar-refractivity contribution in [2.75, 3.05) is 6.54 Å². The van der Waals surface area contributed by atoms with E-state index in [1.807, 2.05) is 13.3 Å². The highest BCUT2D eigenvalue weighted by Crippen LogP contribution is 1.90. The number of hydrogen-bond donors (Lipinski definition) is 0. The van der Waals surface area contributed by atoms with Gasteiger partial charge in [-0.25, -0.2) is 4.99 Å². The first-order chi connectivity index (χ1) is 3.43. The van der Waals surface area contributed by atoms with E-state index in [0.29, 0.717) is 0 Å². The lowest BCUT2D eigenvalue weighted by Crippen LogP contribution is -1.84. The van der Waals surface area contributed by atoms with Crippen LogP contribution in [-0.4, -0.2) is 18.6 Å². The fourth-order valence-electron chi connectivity index (χ4n) is 0.475. The van der Waals surface area contributed by atoms with Crippen LogP contribution in [0.15, 0.2) is 9.98 Å². The molecule has 1 aliphatic rings. The van der Waals surface area contributed by atoms with E-state index in [-0.39, 0.29) is 0 Å². The summed E-state index contributed by atoms with van der Waals surface area (Å²) >= 11 is 0. The van der Waals surface area contributed by atoms with Crippen molar-refractivity contribution < 1.29 is 0 Å². The Hall–Kier alpha value is -0.660. The van der Waals surface area contributed by atoms with Gasteiger partial charge in [0, 0.05) is 12.6 Å². The summed E-state index contributed by atoms with van der Waals surface area (Å²) in [5.41, 5.74) is 0. The molecule has 0 unspecified atom stereocenters. The predicted molar refractivity (Wildman–Crippen MR) is 30.8 cm³/mol. The first kappa shape index (κ1) is 4.50. The van der Waals surface area contributed by atoms with E-state index in [4.69, 9.17) is 0 Å². The van der Waals surface area contributed by atoms with Crippen molar-refractivity contribution in [3.63, 3.8) is 0 Å². The summed E-state index contributed by atoms with van der Waals surface area (Å²) in [6.45, 7) is 2.70. The van der Waals surface area contributed by atoms with Crippen LogP contribution in [0.4, 0.5) is 0 Å². The summed E-state index contributed by atoms with van der Waals surface area (Å²) < 4.78 is 0. The van der Waals surface area contributed by atoms with Gasteiger partial charge in [0.05, 0.1) is 6.54 Å². The van der Waals surface area contributed by atoms with E-state index in [1.165, 1.54) is 0 Å². The quantitative estimate of drug-likeness (QED) is 0.458. The molecule has 7 heavy (non-hydrogen) atoms. The molecule has 1 rings (SSSR count). The van der Waals surface area contributed by atoms with Gasteiger partial charge in [-0.2, -0.15) is 0 Å². The fraction of sp³-hybridized carbons (Fsp3) is 0.400. The van der Waals surface area contributed by atoms with Crippen LogP contribution in [0.5, 0.6) is 0 Å². The number of aliphatic imine (C=N–C) groups is 2. The zero-order valence-corrected chi connectivity index (χ0v) is 4.26. The summed E-state index contributed by atoms with van der Waals surface area (Å²) in [5.74, 6) is 0.861. The third kappa shape index (κ3) is 0.856. The van der Waals surface area contributed by atoms with Gasteiger partial charge in [-0.05, 0) is 0 Å². The third-order valence-electron chi connectivity index (χ3n) is 0.817. The van der Waals surface area contributed by atoms with Crippen molar-refractivity contribution in [2.45, 2.75) is 6.92 Å². The van der Waals surface area contributed by atoms with Gasteiger partial charge in [0.1, 0.15) is 5.84 Å². The van der Waals surface area contributed by atoms with Crippen LogP contribution in [0.25, 0.3) is 0 Å². The van der Waals surface area contributed by atoms with E-state index in [9.17, 15) is 0 Å². The largest absolute Gasteiger partial charge is 0.264 e. The van der Waals surface area contributed by atoms with Gasteiger partial charge in [0.2, 0.25) is 0 Å². The summed E-state index contributed by atoms with van der Waals surface area (Å²) in [7, 11) is 0. The summed E-state index contributed by atoms with van der Waals surface area (Å²) in [6.07, 6.45) is 3.69. The molecule has 0 fully saturated rings. The van der Waals surface area contributed by atoms with Crippen molar-refractivity contribution in [1.29, 1.82) is 0 Å². The van der Waals surface area contributed by atoms with Crippen LogP contribution >= 0.6 is 0 Å². The molecule has 1 radical (unpaired) electrons. The van der Waals surface area contributed by atoms with Crippen molar-refractivity contribution >= 4 is 12.1 Å². The van der Waals surface area contributed by atoms with E-state index >= 15 is 0 Å². The minimum Gasteiger partial charge on any atom is -0.264 e. The smallest absolute Gasteiger partial charge is 0.126 e. The maximum atomic E-state index is 3.99. The molecule has 0 aliphatic carbocycles. The third-order valence-corrected chi connectivity index (χ3v) is 0.817. The van der Waals surface area contributed by atoms with E-state index in [0.717, 1.165) is 12.4 Å². The first-order valence-corrected chi connectivity index (χ1v) is 2.30. The van der Waals surface area contributed by atoms with Crippen molar-refractivity contribution in [2.24, 2.45) is 9.98 Å². The normalized spacial score (nSPS) is 17.6. The second-order valence-corrected chi connectivity index (χ2v) is 1.30. The molecule has 37 valence electrons. The minimum absolute atomic E-state index is 0.764. The Balaban J connectivity index is 2.52. The van der Waals surface area contributed by atoms with Gasteiger partial charge < -0.3 is 0 Å². The summed E-state index contributed by atoms with van der Waals surface area (Å²) in [6, 6.07) is 0. The average Bonchev–Trinajstić information content (AvgIpc) is 2.14. The highest BCUT2D eigenvalue weighted by atomic mass is 15.0. The van der Waals surface area contributed by atoms with Crippen LogP contribution in [0.1, 0.15) is 6.92 Å². The molecule has 0 aromatic rings. The standard InChI is InChI=1S/C5H7N2/c1-2-5-6-3-4-7-5/h2-3H,4H2,1H3. The number of rotatable bonds is 1. The molecule has 0 aromatic carbocycles. The Morgan fingerprint density at radius 3 is 3.00 bits per heavy atom. The summed E-state index contributed by atoms with van der Waals surface area (Å²) in [5, 5.41) is 0. The topological polar surface area (TPSA) is 24.7 Å². The fourth-order valence-corrected chi connectivity index (χ4v) is 0.475. The van der Waals surface area contributed by atoms with Crippen LogP contribution in [0, 0.1) is 6.42 Å². The Kier molecular flexibility index (Phi) is 1.20. The molecular weight excluding hydrogens is 88.1 g/mol. The molecule has 1 heterocycles. The minimum atomic E-state index is 0.764. The predicted octanol–water partition coefficient (Wildman–Crippen LogP) is 0.693. The van der Waals surface area contributed by atoms with E-state index in [1.54, 1.807) is 6.21 Å². The van der Waals surface area contributed by atoms with Gasteiger partial charge in [0.15, 0.2) is 0 Å². The Morgan fingerprint density at radius 2 is 2.71 bits per heavy atom. The molecule has 0 saturated carbocycles. The zero-order chi connectivity index (χ0) is 5.11. The number of amidine groups is 1. The molecule has 0 N–H and O–H groups in total. The molecule has 0 saturated heterocycles. The van der Waals surface area contributed by atoms with E-state index < -0.39 is 0 Å². The van der Waals surface area contributed by atoms with Gasteiger partial charge in [-0.3, -0.25) is 4.99 Å². The Labute approximate surface area is 43.0 Å². The van der Waals surface area contributed by atoms with Crippen LogP contribution < -0.4 is 0 Å². The summed E-state index contributed by atoms with van der Waals surface area (Å²) in [4.78, 5) is 7.92. The lowest BCUT2D eigenvalue weighted by molar-refractivity contribution is 1.35. The molecule has 0 spiro atoms. The van der Waals surface area contributed by atoms with Crippen LogP contribution in [-0.2, 0) is 0 Å². The molecule has 0 aromatic heterocycles. The SMILES string of the molecule is C[CH]C1=NCC=N1. The van der Waals surface area contributed by atoms with E-state index in [2.05, 4.69) is 9.98 Å². The van der Waals surface area contributed by atoms with Gasteiger partial charge in [0.25, 0.3) is 0 Å². The molecule has 2 nitrogen and oxygen atoms in total. The monoisotopic (exact) mass is 95.1 g/mol. The Bertz CT molecular complexity index is 113. The van der Waals surface area contributed by atoms with Gasteiger partial charge >= 0.3 is 0 Å². The Morgan fingerprint density at radius 1 is 1.86 bits per heavy atom. The lowest BCUT2D eigenvalue weighted by Gasteiger charge is -1.81. The highest BCUT2D eigenvalue weighted by Gasteiger charge is 1.93. The van der Waals surface area contributed by atoms with Crippen molar-refractivity contribution in [1.82, 2.24) is 0 Å². The van der Waals surface area contributed by atoms with Crippen LogP contribution in [0.3, 0.4) is 0 Å². The van der Waals surface area contributed by atoms with Crippen LogP contribution in [0.2, 0.25) is 0 Å². The van der Waals surface area contributed by atoms with Crippen molar-refractivity contribution in [3.8, 4) is 0 Å². The molecule has 0 atom stereocenters. The second kappa shape index (κ2) is 1.87. The molecule has 2 heteroatoms. The molecule has 1 aliphatic heterocycles. The maximum Gasteiger partial charge on any atom is 0.126 e. The van der Waals surface area contributed by atoms with Gasteiger partial charge in [-0.15, -0.1) is 0 Å². The molecule has 0 amide bonds. The molecular formula is C5H7N2. The molecule has 0 bridgehead atoms. The lowest BCUT2D eigenvalue weighted by atomic mass is 10.5. The zero-order valence-electron chi connectivity index (χ0n) is 4.26. The van der Waals surface area contributed by atoms with Gasteiger partial charge in [-0.1, -0.05) is 6.92 Å². The maximum absolute atomic E-state index is 3.99. The number of hydrogen-bond acceptors (Lipinski definition) is 2. The highest BCUT2D eigenvalue weighted by molar-refractivity contribution is 5.99. The second-order valence-electron chi connectivity index (χ2n) is 1.30. The first-order valence-electron chi connectivity index (χ1n) is 2.30. The average molecular weight is 95.1 g/mol. The number of nitrogens with zero attached hydrogens (tertiary/aromatic N) is 2. The van der Waals surface area contributed by atoms with Crippen molar-refractivity contribution in [3.05, 3.63) is 6.42 Å².